The summed E-state index contributed by atoms with van der Waals surface area (Å²) < 4.78 is 35.5. The van der Waals surface area contributed by atoms with Crippen LogP contribution >= 0.6 is 0 Å². The van der Waals surface area contributed by atoms with Crippen molar-refractivity contribution in [3.63, 3.8) is 0 Å². The van der Waals surface area contributed by atoms with Crippen molar-refractivity contribution in [1.29, 1.82) is 5.26 Å². The molecule has 0 aromatic carbocycles. The van der Waals surface area contributed by atoms with Crippen LogP contribution in [0.15, 0.2) is 0 Å². The Morgan fingerprint density at radius 2 is 1.67 bits per heavy atom. The fourth-order valence-electron chi connectivity index (χ4n) is 0.124. The molecule has 0 amide bonds. The van der Waals surface area contributed by atoms with E-state index < -0.39 is 22.5 Å². The van der Waals surface area contributed by atoms with E-state index >= 15 is 0 Å². The van der Waals surface area contributed by atoms with Gasteiger partial charge in [-0.2, -0.15) is 5.26 Å². The fourth-order valence-corrected chi connectivity index (χ4v) is 0.700. The Labute approximate surface area is 55.9 Å². The van der Waals surface area contributed by atoms with Gasteiger partial charge < -0.3 is 0 Å². The van der Waals surface area contributed by atoms with Crippen molar-refractivity contribution in [2.45, 2.75) is 0 Å². The third-order valence-electron chi connectivity index (χ3n) is 0.365. The molecule has 0 bridgehead atoms. The first-order valence-corrected chi connectivity index (χ1v) is 3.64. The molecule has 6 nitrogen and oxygen atoms in total. The normalized spacial score (nSPS) is 15.7. The first kappa shape index (κ1) is 8.51. The van der Waals surface area contributed by atoms with E-state index in [1.54, 1.807) is 0 Å². The van der Waals surface area contributed by atoms with Crippen molar-refractivity contribution in [3.8, 4) is 6.19 Å². The molecule has 2 N–H and O–H groups in total. The molecule has 0 heterocycles. The van der Waals surface area contributed by atoms with Gasteiger partial charge in [0.15, 0.2) is 0 Å². The third kappa shape index (κ3) is 2.52. The van der Waals surface area contributed by atoms with Gasteiger partial charge in [-0.15, -0.1) is 0 Å². The van der Waals surface area contributed by atoms with Crippen molar-refractivity contribution in [3.05, 3.63) is 0 Å². The molecule has 0 aromatic rings. The predicted molar refractivity (Wildman–Crippen MR) is 29.0 cm³/mol. The van der Waals surface area contributed by atoms with Crippen LogP contribution in [0, 0.1) is 11.5 Å². The molecular weight excluding hydrogens is 168 g/mol. The van der Waals surface area contributed by atoms with Gasteiger partial charge in [0.2, 0.25) is 6.19 Å². The lowest BCUT2D eigenvalue weighted by Gasteiger charge is -2.00. The Balaban J connectivity index is 4.22. The molecule has 0 spiro atoms. The van der Waals surface area contributed by atoms with Gasteiger partial charge in [-0.3, -0.25) is 9.11 Å². The van der Waals surface area contributed by atoms with Gasteiger partial charge in [0.05, 0.1) is 0 Å². The van der Waals surface area contributed by atoms with E-state index in [4.69, 9.17) is 14.4 Å². The first-order valence-electron chi connectivity index (χ1n) is 1.51. The summed E-state index contributed by atoms with van der Waals surface area (Å²) in [5.41, 5.74) is 0. The topological polar surface area (TPSA) is 102 Å². The summed E-state index contributed by atoms with van der Waals surface area (Å²) in [6.45, 7) is 0. The summed E-state index contributed by atoms with van der Waals surface area (Å²) in [5, 5.41) is 7.84. The van der Waals surface area contributed by atoms with Crippen LogP contribution in [0.3, 0.4) is 0 Å². The number of rotatable bonds is 2. The molecule has 9 heavy (non-hydrogen) atoms. The fraction of sp³-hybridized carbons (Fsp3) is 0. The maximum atomic E-state index is 9.83. The Bertz CT molecular complexity index is 169. The molecule has 0 fully saturated rings. The van der Waals surface area contributed by atoms with E-state index in [9.17, 15) is 8.42 Å². The number of nitrogens with zero attached hydrogens (tertiary/aromatic N) is 2. The van der Waals surface area contributed by atoms with Crippen molar-refractivity contribution in [1.82, 2.24) is 3.71 Å². The van der Waals surface area contributed by atoms with Crippen molar-refractivity contribution < 1.29 is 17.5 Å². The summed E-state index contributed by atoms with van der Waals surface area (Å²) in [7, 11) is 0. The van der Waals surface area contributed by atoms with Crippen LogP contribution in [-0.4, -0.2) is 21.2 Å². The maximum Gasteiger partial charge on any atom is 0.285 e. The zero-order chi connectivity index (χ0) is 7.44. The van der Waals surface area contributed by atoms with Crippen molar-refractivity contribution in [2.24, 2.45) is 0 Å². The van der Waals surface area contributed by atoms with Crippen molar-refractivity contribution >= 4 is 22.5 Å². The summed E-state index contributed by atoms with van der Waals surface area (Å²) in [6, 6.07) is 0. The number of hydrogen-bond donors (Lipinski definition) is 2. The lowest BCUT2D eigenvalue weighted by Crippen LogP contribution is -2.21. The number of nitriles is 1. The summed E-state index contributed by atoms with van der Waals surface area (Å²) >= 11 is -5.42. The van der Waals surface area contributed by atoms with E-state index in [-0.39, 0.29) is 3.71 Å². The molecule has 0 saturated carbocycles. The van der Waals surface area contributed by atoms with E-state index in [2.05, 4.69) is 0 Å². The van der Waals surface area contributed by atoms with Crippen LogP contribution in [0.2, 0.25) is 0 Å². The van der Waals surface area contributed by atoms with E-state index in [1.807, 2.05) is 0 Å². The standard InChI is InChI=1S/CH2N2O4S2/c2-1-3(8(4)5)9(6)7/h(H,4,5)(H,6,7). The van der Waals surface area contributed by atoms with Crippen LogP contribution in [0.5, 0.6) is 0 Å². The monoisotopic (exact) mass is 170 g/mol. The van der Waals surface area contributed by atoms with Gasteiger partial charge in [0, 0.05) is 0 Å². The van der Waals surface area contributed by atoms with Gasteiger partial charge in [0.25, 0.3) is 22.5 Å². The Morgan fingerprint density at radius 3 is 1.67 bits per heavy atom. The van der Waals surface area contributed by atoms with Gasteiger partial charge in [-0.1, -0.05) is 3.71 Å². The van der Waals surface area contributed by atoms with Crippen LogP contribution < -0.4 is 0 Å². The highest BCUT2D eigenvalue weighted by Crippen LogP contribution is 1.90. The molecule has 0 aliphatic rings. The molecule has 0 aliphatic carbocycles. The molecular formula is CH2N2O4S2. The zero-order valence-corrected chi connectivity index (χ0v) is 5.55. The van der Waals surface area contributed by atoms with Gasteiger partial charge in [-0.25, -0.2) is 8.42 Å². The van der Waals surface area contributed by atoms with Gasteiger partial charge >= 0.3 is 0 Å². The maximum absolute atomic E-state index is 9.83. The molecule has 2 unspecified atom stereocenters. The van der Waals surface area contributed by atoms with Crippen molar-refractivity contribution in [2.75, 3.05) is 0 Å². The highest BCUT2D eigenvalue weighted by atomic mass is 32.3. The Morgan fingerprint density at radius 1 is 1.33 bits per heavy atom. The molecule has 0 saturated heterocycles. The smallest absolute Gasteiger partial charge is 0.285 e. The van der Waals surface area contributed by atoms with Gasteiger partial charge in [-0.05, 0) is 0 Å². The zero-order valence-electron chi connectivity index (χ0n) is 3.92. The van der Waals surface area contributed by atoms with Crippen LogP contribution in [-0.2, 0) is 22.5 Å². The highest BCUT2D eigenvalue weighted by Gasteiger charge is 2.13. The quantitative estimate of drug-likeness (QED) is 0.316. The SMILES string of the molecule is N#CN(S(=O)O)S(=O)O. The van der Waals surface area contributed by atoms with Crippen LogP contribution in [0.1, 0.15) is 0 Å². The van der Waals surface area contributed by atoms with Crippen LogP contribution in [0.4, 0.5) is 0 Å². The summed E-state index contributed by atoms with van der Waals surface area (Å²) in [4.78, 5) is 0. The predicted octanol–water partition coefficient (Wildman–Crippen LogP) is -0.957. The van der Waals surface area contributed by atoms with Crippen LogP contribution in [0.25, 0.3) is 0 Å². The second-order valence-corrected chi connectivity index (χ2v) is 2.70. The first-order chi connectivity index (χ1) is 4.09. The molecule has 8 heteroatoms. The molecule has 52 valence electrons. The average molecular weight is 170 g/mol. The average Bonchev–Trinajstić information content (AvgIpc) is 1.64. The lowest BCUT2D eigenvalue weighted by atomic mass is 11.5. The van der Waals surface area contributed by atoms with Gasteiger partial charge in [0.1, 0.15) is 0 Å². The largest absolute Gasteiger partial charge is 0.288 e. The summed E-state index contributed by atoms with van der Waals surface area (Å²) in [6.07, 6.45) is 1.03. The molecule has 0 rings (SSSR count). The Hall–Kier alpha value is -0.490. The van der Waals surface area contributed by atoms with E-state index in [1.165, 1.54) is 0 Å². The summed E-state index contributed by atoms with van der Waals surface area (Å²) in [5.74, 6) is 0. The minimum atomic E-state index is -2.71. The minimum absolute atomic E-state index is 0.181. The second-order valence-electron chi connectivity index (χ2n) is 0.819. The minimum Gasteiger partial charge on any atom is -0.288 e. The Kier molecular flexibility index (Phi) is 3.33. The molecule has 0 radical (unpaired) electrons. The molecule has 2 atom stereocenters. The third-order valence-corrected chi connectivity index (χ3v) is 1.86. The second kappa shape index (κ2) is 3.52. The molecule has 0 aromatic heterocycles. The lowest BCUT2D eigenvalue weighted by molar-refractivity contribution is 0.503. The molecule has 0 aliphatic heterocycles. The van der Waals surface area contributed by atoms with E-state index in [0.717, 1.165) is 6.19 Å². The van der Waals surface area contributed by atoms with E-state index in [0.29, 0.717) is 0 Å². The highest BCUT2D eigenvalue weighted by molar-refractivity contribution is 7.92. The number of hydrogen-bond acceptors (Lipinski definition) is 3.